The lowest BCUT2D eigenvalue weighted by molar-refractivity contribution is -0.142. The van der Waals surface area contributed by atoms with Crippen molar-refractivity contribution < 1.29 is 13.9 Å². The van der Waals surface area contributed by atoms with Gasteiger partial charge in [0.25, 0.3) is 0 Å². The van der Waals surface area contributed by atoms with E-state index in [4.69, 9.17) is 9.15 Å². The number of aryl methyl sites for hydroxylation is 1. The molecule has 8 heteroatoms. The molecular formula is C19H15N3O4S. The van der Waals surface area contributed by atoms with Gasteiger partial charge in [0, 0.05) is 11.6 Å². The highest BCUT2D eigenvalue weighted by Crippen LogP contribution is 2.22. The number of hydrogen-bond acceptors (Lipinski definition) is 7. The van der Waals surface area contributed by atoms with Crippen molar-refractivity contribution in [3.05, 3.63) is 70.0 Å². The number of carbonyl (C=O) groups excluding carboxylic acids is 1. The smallest absolute Gasteiger partial charge is 0.316 e. The molecule has 0 radical (unpaired) electrons. The SMILES string of the molecule is Cc1cc(=O)[nH]c(SCC(=O)OCc2ncc(-c3ccccc3)o2)c1C#N. The first-order valence-electron chi connectivity index (χ1n) is 7.99. The Balaban J connectivity index is 1.56. The number of benzene rings is 1. The number of nitriles is 1. The number of thioether (sulfide) groups is 1. The number of ether oxygens (including phenoxy) is 1. The highest BCUT2D eigenvalue weighted by atomic mass is 32.2. The third kappa shape index (κ3) is 4.65. The summed E-state index contributed by atoms with van der Waals surface area (Å²) in [5.41, 5.74) is 1.46. The molecule has 7 nitrogen and oxygen atoms in total. The van der Waals surface area contributed by atoms with E-state index >= 15 is 0 Å². The topological polar surface area (TPSA) is 109 Å². The van der Waals surface area contributed by atoms with Gasteiger partial charge in [-0.3, -0.25) is 9.59 Å². The second-order valence-corrected chi connectivity index (χ2v) is 6.55. The number of oxazole rings is 1. The molecule has 0 saturated carbocycles. The Morgan fingerprint density at radius 2 is 2.15 bits per heavy atom. The molecule has 0 spiro atoms. The number of esters is 1. The van der Waals surface area contributed by atoms with Crippen LogP contribution >= 0.6 is 11.8 Å². The summed E-state index contributed by atoms with van der Waals surface area (Å²) in [4.78, 5) is 30.1. The maximum Gasteiger partial charge on any atom is 0.316 e. The van der Waals surface area contributed by atoms with Crippen LogP contribution in [0.1, 0.15) is 17.0 Å². The number of pyridine rings is 1. The van der Waals surface area contributed by atoms with E-state index in [0.29, 0.717) is 21.9 Å². The highest BCUT2D eigenvalue weighted by Gasteiger charge is 2.13. The lowest BCUT2D eigenvalue weighted by Crippen LogP contribution is -2.11. The molecule has 136 valence electrons. The number of H-pyrrole nitrogens is 1. The Labute approximate surface area is 159 Å². The van der Waals surface area contributed by atoms with Gasteiger partial charge in [-0.25, -0.2) is 4.98 Å². The van der Waals surface area contributed by atoms with Gasteiger partial charge in [-0.2, -0.15) is 5.26 Å². The van der Waals surface area contributed by atoms with Crippen molar-refractivity contribution in [2.45, 2.75) is 18.6 Å². The molecule has 0 aliphatic carbocycles. The van der Waals surface area contributed by atoms with Crippen molar-refractivity contribution >= 4 is 17.7 Å². The van der Waals surface area contributed by atoms with Crippen LogP contribution in [0.25, 0.3) is 11.3 Å². The van der Waals surface area contributed by atoms with E-state index in [1.165, 1.54) is 6.07 Å². The zero-order valence-electron chi connectivity index (χ0n) is 14.4. The molecule has 3 rings (SSSR count). The minimum atomic E-state index is -0.509. The Bertz CT molecular complexity index is 1050. The molecule has 0 bridgehead atoms. The van der Waals surface area contributed by atoms with Crippen LogP contribution in [-0.2, 0) is 16.1 Å². The molecule has 2 heterocycles. The normalized spacial score (nSPS) is 10.4. The van der Waals surface area contributed by atoms with Crippen LogP contribution in [0.4, 0.5) is 0 Å². The predicted octanol–water partition coefficient (Wildman–Crippen LogP) is 3.05. The van der Waals surface area contributed by atoms with Crippen LogP contribution in [0.2, 0.25) is 0 Å². The first-order valence-corrected chi connectivity index (χ1v) is 8.98. The maximum absolute atomic E-state index is 11.9. The number of hydrogen-bond donors (Lipinski definition) is 1. The molecule has 0 saturated heterocycles. The number of carbonyl (C=O) groups is 1. The van der Waals surface area contributed by atoms with Gasteiger partial charge < -0.3 is 14.1 Å². The van der Waals surface area contributed by atoms with Crippen LogP contribution in [-0.4, -0.2) is 21.7 Å². The molecule has 2 aromatic heterocycles. The van der Waals surface area contributed by atoms with Gasteiger partial charge in [0.05, 0.1) is 22.5 Å². The first kappa shape index (κ1) is 18.5. The molecule has 1 aromatic carbocycles. The molecule has 3 aromatic rings. The van der Waals surface area contributed by atoms with Crippen LogP contribution in [0.15, 0.2) is 56.8 Å². The molecule has 27 heavy (non-hydrogen) atoms. The highest BCUT2D eigenvalue weighted by molar-refractivity contribution is 7.99. The molecule has 0 aliphatic heterocycles. The maximum atomic E-state index is 11.9. The minimum Gasteiger partial charge on any atom is -0.455 e. The van der Waals surface area contributed by atoms with E-state index in [-0.39, 0.29) is 23.8 Å². The van der Waals surface area contributed by atoms with Crippen LogP contribution < -0.4 is 5.56 Å². The molecule has 0 fully saturated rings. The van der Waals surface area contributed by atoms with Gasteiger partial charge in [-0.15, -0.1) is 0 Å². The van der Waals surface area contributed by atoms with E-state index in [2.05, 4.69) is 9.97 Å². The molecule has 0 unspecified atom stereocenters. The fourth-order valence-electron chi connectivity index (χ4n) is 2.33. The monoisotopic (exact) mass is 381 g/mol. The average molecular weight is 381 g/mol. The van der Waals surface area contributed by atoms with E-state index in [1.54, 1.807) is 13.1 Å². The van der Waals surface area contributed by atoms with Gasteiger partial charge in [0.1, 0.15) is 6.07 Å². The Kier molecular flexibility index (Phi) is 5.74. The van der Waals surface area contributed by atoms with Crippen LogP contribution in [0, 0.1) is 18.3 Å². The molecule has 0 aliphatic rings. The van der Waals surface area contributed by atoms with Crippen molar-refractivity contribution in [2.75, 3.05) is 5.75 Å². The fourth-order valence-corrected chi connectivity index (χ4v) is 3.20. The second-order valence-electron chi connectivity index (χ2n) is 5.57. The van der Waals surface area contributed by atoms with E-state index in [1.807, 2.05) is 36.4 Å². The summed E-state index contributed by atoms with van der Waals surface area (Å²) in [6.07, 6.45) is 1.57. The Hall–Kier alpha value is -3.31. The van der Waals surface area contributed by atoms with E-state index < -0.39 is 5.97 Å². The largest absolute Gasteiger partial charge is 0.455 e. The summed E-state index contributed by atoms with van der Waals surface area (Å²) in [6.45, 7) is 1.57. The molecular weight excluding hydrogens is 366 g/mol. The van der Waals surface area contributed by atoms with Crippen molar-refractivity contribution in [3.8, 4) is 17.4 Å². The van der Waals surface area contributed by atoms with Crippen LogP contribution in [0.3, 0.4) is 0 Å². The second kappa shape index (κ2) is 8.38. The number of nitrogens with one attached hydrogen (secondary N) is 1. The predicted molar refractivity (Wildman–Crippen MR) is 99.0 cm³/mol. The van der Waals surface area contributed by atoms with Gasteiger partial charge in [0.15, 0.2) is 12.4 Å². The summed E-state index contributed by atoms with van der Waals surface area (Å²) in [5.74, 6) is 0.312. The third-order valence-corrected chi connectivity index (χ3v) is 4.60. The zero-order chi connectivity index (χ0) is 19.2. The summed E-state index contributed by atoms with van der Waals surface area (Å²) in [7, 11) is 0. The number of aromatic amines is 1. The summed E-state index contributed by atoms with van der Waals surface area (Å²) < 4.78 is 10.7. The van der Waals surface area contributed by atoms with E-state index in [0.717, 1.165) is 17.3 Å². The quantitative estimate of drug-likeness (QED) is 0.516. The number of aromatic nitrogens is 2. The van der Waals surface area contributed by atoms with Crippen molar-refractivity contribution in [1.29, 1.82) is 5.26 Å². The number of rotatable bonds is 6. The van der Waals surface area contributed by atoms with Crippen molar-refractivity contribution in [1.82, 2.24) is 9.97 Å². The Morgan fingerprint density at radius 1 is 1.37 bits per heavy atom. The summed E-state index contributed by atoms with van der Waals surface area (Å²) in [6, 6.07) is 12.8. The van der Waals surface area contributed by atoms with Gasteiger partial charge in [-0.05, 0) is 12.5 Å². The van der Waals surface area contributed by atoms with Gasteiger partial charge in [-0.1, -0.05) is 42.1 Å². The molecule has 0 amide bonds. The van der Waals surface area contributed by atoms with Crippen LogP contribution in [0.5, 0.6) is 0 Å². The Morgan fingerprint density at radius 3 is 2.89 bits per heavy atom. The lowest BCUT2D eigenvalue weighted by atomic mass is 10.2. The van der Waals surface area contributed by atoms with E-state index in [9.17, 15) is 14.9 Å². The minimum absolute atomic E-state index is 0.0552. The standard InChI is InChI=1S/C19H15N3O4S/c1-12-7-16(23)22-19(14(12)8-20)27-11-18(24)25-10-17-21-9-15(26-17)13-5-3-2-4-6-13/h2-7,9H,10-11H2,1H3,(H,22,23). The zero-order valence-corrected chi connectivity index (χ0v) is 15.2. The average Bonchev–Trinajstić information content (AvgIpc) is 3.14. The third-order valence-electron chi connectivity index (χ3n) is 3.62. The molecule has 1 N–H and O–H groups in total. The number of nitrogens with zero attached hydrogens (tertiary/aromatic N) is 2. The lowest BCUT2D eigenvalue weighted by Gasteiger charge is -2.06. The van der Waals surface area contributed by atoms with Gasteiger partial charge >= 0.3 is 5.97 Å². The first-order chi connectivity index (χ1) is 13.1. The fraction of sp³-hybridized carbons (Fsp3) is 0.158. The summed E-state index contributed by atoms with van der Waals surface area (Å²) in [5, 5.41) is 9.53. The van der Waals surface area contributed by atoms with Gasteiger partial charge in [0.2, 0.25) is 11.4 Å². The van der Waals surface area contributed by atoms with Crippen molar-refractivity contribution in [3.63, 3.8) is 0 Å². The summed E-state index contributed by atoms with van der Waals surface area (Å²) >= 11 is 1.04. The van der Waals surface area contributed by atoms with Crippen molar-refractivity contribution in [2.24, 2.45) is 0 Å². The molecule has 0 atom stereocenters.